The van der Waals surface area contributed by atoms with E-state index in [1.807, 2.05) is 48.5 Å². The first kappa shape index (κ1) is 22.4. The van der Waals surface area contributed by atoms with Crippen molar-refractivity contribution in [3.63, 3.8) is 0 Å². The molecule has 9 aromatic carbocycles. The normalized spacial score (nSPS) is 15.9. The van der Waals surface area contributed by atoms with Crippen molar-refractivity contribution in [2.45, 2.75) is 19.3 Å². The molecule has 0 unspecified atom stereocenters. The Morgan fingerprint density at radius 2 is 1.02 bits per heavy atom. The predicted octanol–water partition coefficient (Wildman–Crippen LogP) is 14.7. The van der Waals surface area contributed by atoms with E-state index in [1.54, 1.807) is 12.1 Å². The fourth-order valence-corrected chi connectivity index (χ4v) is 8.52. The lowest BCUT2D eigenvalue weighted by atomic mass is 9.81. The summed E-state index contributed by atoms with van der Waals surface area (Å²) in [6, 6.07) is 36.8. The molecule has 0 spiro atoms. The van der Waals surface area contributed by atoms with Gasteiger partial charge in [0.2, 0.25) is 0 Å². The second kappa shape index (κ2) is 11.7. The van der Waals surface area contributed by atoms with Gasteiger partial charge in [-0.25, -0.2) is 0 Å². The Kier molecular flexibility index (Phi) is 4.83. The Balaban J connectivity index is 1.09. The van der Waals surface area contributed by atoms with Crippen LogP contribution in [0.25, 0.3) is 88.3 Å². The number of rotatable bonds is 4. The quantitative estimate of drug-likeness (QED) is 0.178. The lowest BCUT2D eigenvalue weighted by molar-refractivity contribution is 0.487. The average Bonchev–Trinajstić information content (AvgIpc) is 3.52. The third kappa shape index (κ3) is 4.72. The molecule has 0 atom stereocenters. The molecule has 2 aliphatic rings. The summed E-state index contributed by atoms with van der Waals surface area (Å²) < 4.78 is 91.6. The van der Waals surface area contributed by atoms with Crippen LogP contribution in [-0.2, 0) is 5.41 Å². The van der Waals surface area contributed by atoms with Crippen LogP contribution < -0.4 is 4.74 Å². The maximum absolute atomic E-state index is 8.99. The van der Waals surface area contributed by atoms with Crippen LogP contribution in [0.4, 0.5) is 0 Å². The minimum atomic E-state index is -0.452. The first-order valence-electron chi connectivity index (χ1n) is 23.0. The zero-order valence-corrected chi connectivity index (χ0v) is 29.5. The molecule has 9 aromatic rings. The smallest absolute Gasteiger partial charge is 0.135 e. The van der Waals surface area contributed by atoms with Crippen LogP contribution in [0.15, 0.2) is 182 Å². The van der Waals surface area contributed by atoms with Crippen LogP contribution in [-0.4, -0.2) is 0 Å². The molecule has 1 aliphatic heterocycles. The van der Waals surface area contributed by atoms with Gasteiger partial charge in [-0.2, -0.15) is 0 Å². The van der Waals surface area contributed by atoms with Crippen molar-refractivity contribution in [1.82, 2.24) is 0 Å². The average molecular weight is 699 g/mol. The molecule has 1 heteroatoms. The lowest BCUT2D eigenvalue weighted by Crippen LogP contribution is -2.15. The van der Waals surface area contributed by atoms with Crippen LogP contribution in [0.5, 0.6) is 11.5 Å². The Labute approximate surface area is 329 Å². The van der Waals surface area contributed by atoms with Crippen molar-refractivity contribution in [1.29, 1.82) is 0 Å². The van der Waals surface area contributed by atoms with E-state index in [9.17, 15) is 0 Å². The molecule has 0 bridgehead atoms. The minimum Gasteiger partial charge on any atom is -0.456 e. The van der Waals surface area contributed by atoms with Crippen LogP contribution in [0.3, 0.4) is 0 Å². The van der Waals surface area contributed by atoms with Crippen molar-refractivity contribution in [3.8, 4) is 78.3 Å². The largest absolute Gasteiger partial charge is 0.456 e. The molecule has 11 rings (SSSR count). The van der Waals surface area contributed by atoms with E-state index in [2.05, 4.69) is 74.5 Å². The fourth-order valence-electron chi connectivity index (χ4n) is 8.52. The van der Waals surface area contributed by atoms with Crippen molar-refractivity contribution in [3.05, 3.63) is 193 Å². The van der Waals surface area contributed by atoms with Crippen LogP contribution >= 0.6 is 0 Å². The summed E-state index contributed by atoms with van der Waals surface area (Å²) >= 11 is 0. The highest BCUT2D eigenvalue weighted by molar-refractivity contribution is 6.10. The van der Waals surface area contributed by atoms with Gasteiger partial charge in [0.1, 0.15) is 11.5 Å². The van der Waals surface area contributed by atoms with Gasteiger partial charge in [-0.3, -0.25) is 0 Å². The summed E-state index contributed by atoms with van der Waals surface area (Å²) in [4.78, 5) is 0. The molecule has 254 valence electrons. The van der Waals surface area contributed by atoms with E-state index in [1.165, 1.54) is 33.0 Å². The van der Waals surface area contributed by atoms with Gasteiger partial charge in [-0.1, -0.05) is 141 Å². The van der Waals surface area contributed by atoms with Crippen molar-refractivity contribution in [2.24, 2.45) is 0 Å². The zero-order chi connectivity index (χ0) is 44.7. The zero-order valence-electron chi connectivity index (χ0n) is 39.5. The highest BCUT2D eigenvalue weighted by atomic mass is 16.5. The molecule has 1 nitrogen and oxygen atoms in total. The highest BCUT2D eigenvalue weighted by Gasteiger charge is 2.36. The molecule has 0 radical (unpaired) electrons. The predicted molar refractivity (Wildman–Crippen MR) is 226 cm³/mol. The van der Waals surface area contributed by atoms with Gasteiger partial charge in [0.25, 0.3) is 0 Å². The van der Waals surface area contributed by atoms with Gasteiger partial charge < -0.3 is 4.74 Å². The summed E-state index contributed by atoms with van der Waals surface area (Å²) in [5.41, 5.74) is 10.7. The number of hydrogen-bond acceptors (Lipinski definition) is 1. The molecule has 0 saturated heterocycles. The molecule has 54 heavy (non-hydrogen) atoms. The van der Waals surface area contributed by atoms with E-state index in [-0.39, 0.29) is 40.7 Å². The Morgan fingerprint density at radius 1 is 0.407 bits per heavy atom. The first-order valence-corrected chi connectivity index (χ1v) is 18.0. The Morgan fingerprint density at radius 3 is 1.78 bits per heavy atom. The van der Waals surface area contributed by atoms with Crippen molar-refractivity contribution >= 4 is 21.5 Å². The molecule has 0 fully saturated rings. The summed E-state index contributed by atoms with van der Waals surface area (Å²) in [6.07, 6.45) is 0. The maximum atomic E-state index is 8.99. The molecule has 0 saturated carbocycles. The number of benzene rings is 9. The molecular formula is C53H36O. The minimum absolute atomic E-state index is 0.0941. The highest BCUT2D eigenvalue weighted by Crippen LogP contribution is 2.52. The third-order valence-corrected chi connectivity index (χ3v) is 11.2. The Hall–Kier alpha value is -6.70. The van der Waals surface area contributed by atoms with E-state index < -0.39 is 36.3 Å². The first-order chi connectivity index (χ1) is 30.6. The third-order valence-electron chi connectivity index (χ3n) is 11.2. The molecule has 0 aromatic heterocycles. The van der Waals surface area contributed by atoms with Crippen LogP contribution in [0.1, 0.15) is 38.7 Å². The monoisotopic (exact) mass is 698 g/mol. The Bertz CT molecular complexity index is 3520. The summed E-state index contributed by atoms with van der Waals surface area (Å²) in [7, 11) is 0. The lowest BCUT2D eigenvalue weighted by Gasteiger charge is -2.24. The van der Waals surface area contributed by atoms with Gasteiger partial charge in [-0.15, -0.1) is 0 Å². The van der Waals surface area contributed by atoms with Crippen molar-refractivity contribution in [2.75, 3.05) is 0 Å². The van der Waals surface area contributed by atoms with E-state index in [0.29, 0.717) is 22.6 Å². The maximum Gasteiger partial charge on any atom is 0.135 e. The number of hydrogen-bond donors (Lipinski definition) is 0. The number of fused-ring (bicyclic) bond motifs is 6. The van der Waals surface area contributed by atoms with E-state index >= 15 is 0 Å². The molecular weight excluding hydrogens is 653 g/mol. The SMILES string of the molecule is [2H]c1c([2H])c([2H])c(-c2cc(-c3ccc4c(c3)C(C)(C)c3cc5ccccc5cc3-4)cc(-c3ccc4c5c(cccc35)-c3ccc(-c5c([2H])c([2H])c([2H])c([2H])c5[2H])cc3O4)c2)c([2H])c1[2H]. The van der Waals surface area contributed by atoms with Crippen molar-refractivity contribution < 1.29 is 18.4 Å². The summed E-state index contributed by atoms with van der Waals surface area (Å²) in [5, 5.41) is 4.09. The van der Waals surface area contributed by atoms with Crippen LogP contribution in [0, 0.1) is 0 Å². The standard InChI is InChI=1S/C53H36O/c1-53(2)48-31-37(20-22-43(48)47-29-35-16-9-10-17-36(35)30-49(47)53)40-26-39(34-14-7-4-8-15-34)27-41(28-40)42-24-25-50-52-45(42)18-11-19-46(52)44-23-21-38(32-51(44)54-50)33-12-5-3-6-13-33/h3-32H,1-2H3/i3D,4D,5D,6D,7D,8D,12D,13D,14D,15D. The number of ether oxygens (including phenoxy) is 1. The van der Waals surface area contributed by atoms with Gasteiger partial charge in [-0.05, 0) is 143 Å². The molecule has 0 amide bonds. The molecule has 1 aliphatic carbocycles. The van der Waals surface area contributed by atoms with Gasteiger partial charge in [0, 0.05) is 16.4 Å². The van der Waals surface area contributed by atoms with E-state index in [0.717, 1.165) is 44.2 Å². The summed E-state index contributed by atoms with van der Waals surface area (Å²) in [6.45, 7) is 4.49. The van der Waals surface area contributed by atoms with Crippen LogP contribution in [0.2, 0.25) is 0 Å². The topological polar surface area (TPSA) is 9.23 Å². The van der Waals surface area contributed by atoms with Gasteiger partial charge in [0.15, 0.2) is 0 Å². The second-order valence-corrected chi connectivity index (χ2v) is 14.6. The van der Waals surface area contributed by atoms with E-state index in [4.69, 9.17) is 18.4 Å². The van der Waals surface area contributed by atoms with Gasteiger partial charge >= 0.3 is 0 Å². The molecule has 1 heterocycles. The van der Waals surface area contributed by atoms with Gasteiger partial charge in [0.05, 0.1) is 13.7 Å². The molecule has 0 N–H and O–H groups in total. The second-order valence-electron chi connectivity index (χ2n) is 14.6. The fraction of sp³-hybridized carbons (Fsp3) is 0.0566. The summed E-state index contributed by atoms with van der Waals surface area (Å²) in [5.74, 6) is 1.06.